The number of carbonyl (C=O) groups excluding carboxylic acids is 1. The van der Waals surface area contributed by atoms with Gasteiger partial charge in [-0.2, -0.15) is 0 Å². The number of hydrogen-bond donors (Lipinski definition) is 2. The number of hydrogen-bond acceptors (Lipinski definition) is 4. The van der Waals surface area contributed by atoms with Gasteiger partial charge in [-0.15, -0.1) is 0 Å². The Morgan fingerprint density at radius 2 is 1.88 bits per heavy atom. The molecule has 0 aromatic heterocycles. The number of halogens is 2. The van der Waals surface area contributed by atoms with E-state index in [9.17, 15) is 4.79 Å². The van der Waals surface area contributed by atoms with Crippen molar-refractivity contribution < 1.29 is 14.3 Å². The number of carbonyl (C=O) groups is 1. The van der Waals surface area contributed by atoms with Crippen molar-refractivity contribution in [3.8, 4) is 11.5 Å². The first kappa shape index (κ1) is 21.8. The molecule has 2 aromatic rings. The van der Waals surface area contributed by atoms with Crippen molar-refractivity contribution in [3.63, 3.8) is 0 Å². The first-order valence-corrected chi connectivity index (χ1v) is 11.9. The molecule has 2 atom stereocenters. The van der Waals surface area contributed by atoms with Crippen molar-refractivity contribution in [2.75, 3.05) is 0 Å². The molecule has 5 nitrogen and oxygen atoms in total. The van der Waals surface area contributed by atoms with Gasteiger partial charge in [0.25, 0.3) is 0 Å². The molecule has 5 rings (SSSR count). The van der Waals surface area contributed by atoms with Gasteiger partial charge in [0.1, 0.15) is 5.75 Å². The zero-order valence-electron chi connectivity index (χ0n) is 17.8. The fraction of sp³-hybridized carbons (Fsp3) is 0.417. The lowest BCUT2D eigenvalue weighted by molar-refractivity contribution is -0.135. The lowest BCUT2D eigenvalue weighted by atomic mass is 9.77. The third-order valence-electron chi connectivity index (χ3n) is 6.20. The predicted octanol–water partition coefficient (Wildman–Crippen LogP) is 5.57. The van der Waals surface area contributed by atoms with Gasteiger partial charge < -0.3 is 20.1 Å². The van der Waals surface area contributed by atoms with Crippen LogP contribution in [0.5, 0.6) is 11.5 Å². The summed E-state index contributed by atoms with van der Waals surface area (Å²) in [5.41, 5.74) is 0.886. The lowest BCUT2D eigenvalue weighted by Crippen LogP contribution is -2.69. The van der Waals surface area contributed by atoms with Gasteiger partial charge in [-0.05, 0) is 56.6 Å². The van der Waals surface area contributed by atoms with Gasteiger partial charge in [-0.3, -0.25) is 4.79 Å². The van der Waals surface area contributed by atoms with E-state index in [0.717, 1.165) is 24.0 Å². The molecule has 3 aliphatic rings. The molecule has 0 bridgehead atoms. The number of nitrogens with one attached hydrogen (secondary N) is 2. The Bertz CT molecular complexity index is 1120. The summed E-state index contributed by atoms with van der Waals surface area (Å²) in [6.07, 6.45) is 3.00. The first-order chi connectivity index (χ1) is 15.1. The van der Waals surface area contributed by atoms with Crippen LogP contribution in [0, 0.1) is 5.92 Å². The maximum Gasteiger partial charge on any atom is 0.314 e. The van der Waals surface area contributed by atoms with Crippen molar-refractivity contribution in [2.45, 2.75) is 56.7 Å². The van der Waals surface area contributed by atoms with E-state index in [4.69, 9.17) is 44.9 Å². The Labute approximate surface area is 202 Å². The van der Waals surface area contributed by atoms with Gasteiger partial charge in [0.2, 0.25) is 0 Å². The van der Waals surface area contributed by atoms with Crippen LogP contribution in [-0.2, 0) is 4.79 Å². The summed E-state index contributed by atoms with van der Waals surface area (Å²) in [4.78, 5) is 12.3. The Morgan fingerprint density at radius 1 is 1.12 bits per heavy atom. The molecule has 2 fully saturated rings. The molecular formula is C24H24Cl2N2O3S. The molecule has 1 spiro atoms. The predicted molar refractivity (Wildman–Crippen MR) is 129 cm³/mol. The van der Waals surface area contributed by atoms with Gasteiger partial charge in [-0.1, -0.05) is 41.4 Å². The van der Waals surface area contributed by atoms with Crippen molar-refractivity contribution in [3.05, 3.63) is 57.6 Å². The first-order valence-electron chi connectivity index (χ1n) is 10.7. The molecule has 2 heterocycles. The van der Waals surface area contributed by atoms with Crippen LogP contribution in [-0.4, -0.2) is 22.3 Å². The summed E-state index contributed by atoms with van der Waals surface area (Å²) >= 11 is 18.7. The van der Waals surface area contributed by atoms with Crippen LogP contribution in [0.4, 0.5) is 0 Å². The highest BCUT2D eigenvalue weighted by Crippen LogP contribution is 2.50. The van der Waals surface area contributed by atoms with Gasteiger partial charge in [-0.25, -0.2) is 0 Å². The van der Waals surface area contributed by atoms with Crippen LogP contribution in [0.3, 0.4) is 0 Å². The average Bonchev–Trinajstić information content (AvgIpc) is 3.52. The highest BCUT2D eigenvalue weighted by Gasteiger charge is 2.49. The molecule has 32 heavy (non-hydrogen) atoms. The Morgan fingerprint density at radius 3 is 2.56 bits per heavy atom. The maximum absolute atomic E-state index is 12.3. The fourth-order valence-corrected chi connectivity index (χ4v) is 5.70. The van der Waals surface area contributed by atoms with Gasteiger partial charge in [0.05, 0.1) is 10.9 Å². The van der Waals surface area contributed by atoms with E-state index >= 15 is 0 Å². The molecular weight excluding hydrogens is 467 g/mol. The second-order valence-corrected chi connectivity index (χ2v) is 10.8. The number of fused-ring (bicyclic) bond motifs is 1. The second kappa shape index (κ2) is 7.79. The van der Waals surface area contributed by atoms with Crippen LogP contribution in [0.1, 0.15) is 56.6 Å². The van der Waals surface area contributed by atoms with E-state index in [0.29, 0.717) is 39.5 Å². The smallest absolute Gasteiger partial charge is 0.314 e. The zero-order valence-corrected chi connectivity index (χ0v) is 20.2. The molecule has 0 amide bonds. The monoisotopic (exact) mass is 490 g/mol. The molecule has 2 aromatic carbocycles. The normalized spacial score (nSPS) is 25.9. The topological polar surface area (TPSA) is 59.6 Å². The zero-order chi connectivity index (χ0) is 22.7. The molecule has 0 radical (unpaired) electrons. The van der Waals surface area contributed by atoms with E-state index in [1.54, 1.807) is 6.07 Å². The van der Waals surface area contributed by atoms with Crippen molar-refractivity contribution >= 4 is 46.5 Å². The highest BCUT2D eigenvalue weighted by molar-refractivity contribution is 7.80. The summed E-state index contributed by atoms with van der Waals surface area (Å²) in [5, 5.41) is 8.27. The number of benzene rings is 2. The molecule has 2 aliphatic heterocycles. The SMILES string of the molecule is CC1(C)C[C@@]2(C[C@@H](c3ccccc3Cl)c3cc(Cl)c(OC(=O)C4CC4)cc3O2)NC(=S)N1. The number of ether oxygens (including phenoxy) is 2. The standard InChI is InChI=1S/C24H24Cl2N2O3S/c1-23(2)12-24(28-22(32)27-23)11-16(14-5-3-4-6-17(14)25)15-9-18(26)20(10-19(15)31-24)30-21(29)13-7-8-13/h3-6,9-10,13,16H,7-8,11-12H2,1-2H3,(H2,27,28,32)/t16-,24-/m0/s1. The average molecular weight is 491 g/mol. The molecule has 0 unspecified atom stereocenters. The summed E-state index contributed by atoms with van der Waals surface area (Å²) in [6, 6.07) is 11.4. The summed E-state index contributed by atoms with van der Waals surface area (Å²) < 4.78 is 12.2. The Balaban J connectivity index is 1.60. The van der Waals surface area contributed by atoms with Gasteiger partial charge >= 0.3 is 5.97 Å². The molecule has 8 heteroatoms. The summed E-state index contributed by atoms with van der Waals surface area (Å²) in [6.45, 7) is 4.19. The minimum Gasteiger partial charge on any atom is -0.468 e. The number of esters is 1. The van der Waals surface area contributed by atoms with Crippen molar-refractivity contribution in [1.29, 1.82) is 0 Å². The van der Waals surface area contributed by atoms with E-state index in [2.05, 4.69) is 24.5 Å². The minimum atomic E-state index is -0.742. The number of rotatable bonds is 3. The number of thiocarbonyl (C=S) groups is 1. The van der Waals surface area contributed by atoms with E-state index in [-0.39, 0.29) is 23.3 Å². The highest BCUT2D eigenvalue weighted by atomic mass is 35.5. The molecule has 1 saturated heterocycles. The lowest BCUT2D eigenvalue weighted by Gasteiger charge is -2.50. The Hall–Kier alpha value is -2.02. The third kappa shape index (κ3) is 4.16. The van der Waals surface area contributed by atoms with Crippen LogP contribution in [0.25, 0.3) is 0 Å². The van der Waals surface area contributed by atoms with Gasteiger partial charge in [0.15, 0.2) is 16.6 Å². The minimum absolute atomic E-state index is 0.0329. The quantitative estimate of drug-likeness (QED) is 0.333. The van der Waals surface area contributed by atoms with Crippen LogP contribution in [0.2, 0.25) is 10.0 Å². The molecule has 2 N–H and O–H groups in total. The molecule has 1 aliphatic carbocycles. The second-order valence-electron chi connectivity index (χ2n) is 9.53. The fourth-order valence-electron chi connectivity index (χ4n) is 4.76. The Kier molecular flexibility index (Phi) is 5.31. The maximum atomic E-state index is 12.3. The molecule has 168 valence electrons. The van der Waals surface area contributed by atoms with E-state index in [1.165, 1.54) is 0 Å². The van der Waals surface area contributed by atoms with E-state index in [1.807, 2.05) is 30.3 Å². The van der Waals surface area contributed by atoms with Crippen molar-refractivity contribution in [1.82, 2.24) is 10.6 Å². The van der Waals surface area contributed by atoms with Crippen LogP contribution >= 0.6 is 35.4 Å². The largest absolute Gasteiger partial charge is 0.468 e. The summed E-state index contributed by atoms with van der Waals surface area (Å²) in [7, 11) is 0. The third-order valence-corrected chi connectivity index (χ3v) is 7.05. The summed E-state index contributed by atoms with van der Waals surface area (Å²) in [5.74, 6) is 0.560. The van der Waals surface area contributed by atoms with Gasteiger partial charge in [0, 0.05) is 41.0 Å². The van der Waals surface area contributed by atoms with Crippen molar-refractivity contribution in [2.24, 2.45) is 5.92 Å². The van der Waals surface area contributed by atoms with Crippen LogP contribution < -0.4 is 20.1 Å². The molecule has 1 saturated carbocycles. The van der Waals surface area contributed by atoms with E-state index < -0.39 is 5.72 Å². The van der Waals surface area contributed by atoms with Crippen LogP contribution in [0.15, 0.2) is 36.4 Å².